The molecule has 1 nitrogen and oxygen atoms in total. The molecule has 0 radical (unpaired) electrons. The first-order valence-corrected chi connectivity index (χ1v) is 6.16. The van der Waals surface area contributed by atoms with Gasteiger partial charge in [0.1, 0.15) is 5.75 Å². The van der Waals surface area contributed by atoms with Crippen LogP contribution in [0.15, 0.2) is 22.7 Å². The number of benzene rings is 1. The van der Waals surface area contributed by atoms with Gasteiger partial charge in [-0.1, -0.05) is 28.9 Å². The Labute approximate surface area is 95.7 Å². The molecule has 1 rings (SSSR count). The average molecular weight is 308 g/mol. The van der Waals surface area contributed by atoms with Crippen molar-refractivity contribution in [1.82, 2.24) is 0 Å². The summed E-state index contributed by atoms with van der Waals surface area (Å²) in [7, 11) is 0. The Bertz CT molecular complexity index is 274. The zero-order valence-corrected chi connectivity index (χ0v) is 10.7. The third-order valence-corrected chi connectivity index (χ3v) is 2.68. The summed E-state index contributed by atoms with van der Waals surface area (Å²) in [6.07, 6.45) is 1.05. The Morgan fingerprint density at radius 2 is 2.15 bits per heavy atom. The van der Waals surface area contributed by atoms with Gasteiger partial charge in [0.25, 0.3) is 0 Å². The summed E-state index contributed by atoms with van der Waals surface area (Å²) in [4.78, 5) is 0. The maximum Gasteiger partial charge on any atom is 0.133 e. The molecule has 72 valence electrons. The Morgan fingerprint density at radius 1 is 1.38 bits per heavy atom. The largest absolute Gasteiger partial charge is 0.492 e. The Balaban J connectivity index is 2.73. The average Bonchev–Trinajstić information content (AvgIpc) is 2.16. The van der Waals surface area contributed by atoms with E-state index in [0.717, 1.165) is 22.0 Å². The molecule has 13 heavy (non-hydrogen) atoms. The van der Waals surface area contributed by atoms with Crippen LogP contribution in [0.3, 0.4) is 0 Å². The molecule has 0 unspecified atom stereocenters. The van der Waals surface area contributed by atoms with Crippen molar-refractivity contribution in [1.29, 1.82) is 0 Å². The van der Waals surface area contributed by atoms with Crippen LogP contribution in [-0.2, 0) is 6.42 Å². The second-order valence-corrected chi connectivity index (χ2v) is 4.30. The van der Waals surface area contributed by atoms with Gasteiger partial charge in [-0.25, -0.2) is 0 Å². The van der Waals surface area contributed by atoms with Gasteiger partial charge >= 0.3 is 0 Å². The van der Waals surface area contributed by atoms with E-state index in [4.69, 9.17) is 4.74 Å². The molecule has 0 heterocycles. The lowest BCUT2D eigenvalue weighted by Gasteiger charge is -2.07. The van der Waals surface area contributed by atoms with Crippen molar-refractivity contribution in [3.8, 4) is 5.75 Å². The molecule has 3 heteroatoms. The normalized spacial score (nSPS) is 10.1. The number of ether oxygens (including phenoxy) is 1. The predicted molar refractivity (Wildman–Crippen MR) is 62.8 cm³/mol. The summed E-state index contributed by atoms with van der Waals surface area (Å²) in [5, 5.41) is 0.856. The fourth-order valence-electron chi connectivity index (χ4n) is 1.03. The van der Waals surface area contributed by atoms with E-state index >= 15 is 0 Å². The molecule has 0 saturated heterocycles. The number of alkyl halides is 1. The highest BCUT2D eigenvalue weighted by molar-refractivity contribution is 9.10. The zero-order chi connectivity index (χ0) is 9.68. The van der Waals surface area contributed by atoms with Crippen molar-refractivity contribution >= 4 is 31.9 Å². The number of aryl methyl sites for hydroxylation is 1. The van der Waals surface area contributed by atoms with Crippen molar-refractivity contribution in [2.24, 2.45) is 0 Å². The van der Waals surface area contributed by atoms with Crippen molar-refractivity contribution in [2.75, 3.05) is 11.9 Å². The molecule has 0 aliphatic rings. The molecule has 0 aromatic heterocycles. The van der Waals surface area contributed by atoms with Crippen LogP contribution < -0.4 is 4.74 Å². The first-order valence-electron chi connectivity index (χ1n) is 4.25. The minimum Gasteiger partial charge on any atom is -0.492 e. The molecule has 0 spiro atoms. The molecule has 0 fully saturated rings. The van der Waals surface area contributed by atoms with Crippen LogP contribution in [0, 0.1) is 0 Å². The van der Waals surface area contributed by atoms with E-state index < -0.39 is 0 Å². The highest BCUT2D eigenvalue weighted by atomic mass is 79.9. The Morgan fingerprint density at radius 3 is 2.69 bits per heavy atom. The van der Waals surface area contributed by atoms with Gasteiger partial charge in [-0.15, -0.1) is 0 Å². The summed E-state index contributed by atoms with van der Waals surface area (Å²) in [6.45, 7) is 2.84. The summed E-state index contributed by atoms with van der Waals surface area (Å²) in [5.41, 5.74) is 1.32. The second kappa shape index (κ2) is 5.66. The fourth-order valence-corrected chi connectivity index (χ4v) is 1.73. The Hall–Kier alpha value is -0.0200. The first kappa shape index (κ1) is 11.1. The zero-order valence-electron chi connectivity index (χ0n) is 7.52. The van der Waals surface area contributed by atoms with Crippen LogP contribution in [0.1, 0.15) is 12.5 Å². The number of hydrogen-bond donors (Lipinski definition) is 0. The van der Waals surface area contributed by atoms with Crippen LogP contribution in [0.4, 0.5) is 0 Å². The van der Waals surface area contributed by atoms with Gasteiger partial charge < -0.3 is 4.74 Å². The number of halogens is 2. The molecule has 0 aliphatic heterocycles. The lowest BCUT2D eigenvalue weighted by Crippen LogP contribution is -1.98. The number of rotatable bonds is 4. The quantitative estimate of drug-likeness (QED) is 0.769. The second-order valence-electron chi connectivity index (χ2n) is 2.66. The smallest absolute Gasteiger partial charge is 0.133 e. The van der Waals surface area contributed by atoms with E-state index in [1.807, 2.05) is 6.07 Å². The maximum absolute atomic E-state index is 5.49. The van der Waals surface area contributed by atoms with Gasteiger partial charge in [-0.05, 0) is 40.0 Å². The van der Waals surface area contributed by atoms with Gasteiger partial charge in [-0.3, -0.25) is 0 Å². The molecule has 0 saturated carbocycles. The SMILES string of the molecule is CCc1ccc(OCCBr)c(Br)c1. The van der Waals surface area contributed by atoms with Crippen LogP contribution in [0.5, 0.6) is 5.75 Å². The summed E-state index contributed by atoms with van der Waals surface area (Å²) >= 11 is 6.80. The van der Waals surface area contributed by atoms with Crippen LogP contribution in [0.2, 0.25) is 0 Å². The third kappa shape index (κ3) is 3.31. The lowest BCUT2D eigenvalue weighted by molar-refractivity contribution is 0.343. The molecule has 0 bridgehead atoms. The molecule has 1 aromatic rings. The maximum atomic E-state index is 5.49. The van der Waals surface area contributed by atoms with E-state index in [-0.39, 0.29) is 0 Å². The minimum atomic E-state index is 0.698. The molecule has 0 aliphatic carbocycles. The molecule has 1 aromatic carbocycles. The van der Waals surface area contributed by atoms with Gasteiger partial charge in [-0.2, -0.15) is 0 Å². The van der Waals surface area contributed by atoms with Gasteiger partial charge in [0.2, 0.25) is 0 Å². The highest BCUT2D eigenvalue weighted by Gasteiger charge is 2.00. The first-order chi connectivity index (χ1) is 6.27. The van der Waals surface area contributed by atoms with Crippen molar-refractivity contribution in [3.63, 3.8) is 0 Å². The molecule has 0 amide bonds. The lowest BCUT2D eigenvalue weighted by atomic mass is 10.2. The molecular weight excluding hydrogens is 296 g/mol. The van der Waals surface area contributed by atoms with Gasteiger partial charge in [0.05, 0.1) is 11.1 Å². The highest BCUT2D eigenvalue weighted by Crippen LogP contribution is 2.26. The van der Waals surface area contributed by atoms with Crippen molar-refractivity contribution < 1.29 is 4.74 Å². The van der Waals surface area contributed by atoms with Crippen LogP contribution in [0.25, 0.3) is 0 Å². The standard InChI is InChI=1S/C10H12Br2O/c1-2-8-3-4-10(9(12)7-8)13-6-5-11/h3-4,7H,2,5-6H2,1H3. The van der Waals surface area contributed by atoms with Crippen LogP contribution in [-0.4, -0.2) is 11.9 Å². The van der Waals surface area contributed by atoms with Gasteiger partial charge in [0.15, 0.2) is 0 Å². The van der Waals surface area contributed by atoms with E-state index in [1.165, 1.54) is 5.56 Å². The third-order valence-electron chi connectivity index (χ3n) is 1.74. The summed E-state index contributed by atoms with van der Waals surface area (Å²) < 4.78 is 6.53. The van der Waals surface area contributed by atoms with E-state index in [0.29, 0.717) is 6.61 Å². The molecule has 0 N–H and O–H groups in total. The van der Waals surface area contributed by atoms with Crippen molar-refractivity contribution in [2.45, 2.75) is 13.3 Å². The van der Waals surface area contributed by atoms with E-state index in [9.17, 15) is 0 Å². The van der Waals surface area contributed by atoms with Crippen LogP contribution >= 0.6 is 31.9 Å². The molecule has 0 atom stereocenters. The monoisotopic (exact) mass is 306 g/mol. The minimum absolute atomic E-state index is 0.698. The van der Waals surface area contributed by atoms with Gasteiger partial charge in [0, 0.05) is 5.33 Å². The van der Waals surface area contributed by atoms with E-state index in [1.54, 1.807) is 0 Å². The summed E-state index contributed by atoms with van der Waals surface area (Å²) in [6, 6.07) is 6.20. The molecular formula is C10H12Br2O. The number of hydrogen-bond acceptors (Lipinski definition) is 1. The predicted octanol–water partition coefficient (Wildman–Crippen LogP) is 3.79. The van der Waals surface area contributed by atoms with E-state index in [2.05, 4.69) is 50.9 Å². The summed E-state index contributed by atoms with van der Waals surface area (Å²) in [5.74, 6) is 0.914. The van der Waals surface area contributed by atoms with Crippen molar-refractivity contribution in [3.05, 3.63) is 28.2 Å². The fraction of sp³-hybridized carbons (Fsp3) is 0.400. The topological polar surface area (TPSA) is 9.23 Å². The Kier molecular flexibility index (Phi) is 4.81.